The van der Waals surface area contributed by atoms with Crippen LogP contribution in [0.25, 0.3) is 11.3 Å². The van der Waals surface area contributed by atoms with Crippen molar-refractivity contribution in [1.29, 1.82) is 0 Å². The maximum atomic E-state index is 12.5. The van der Waals surface area contributed by atoms with Gasteiger partial charge in [0.2, 0.25) is 0 Å². The molecule has 0 amide bonds. The minimum absolute atomic E-state index is 0.0430. The standard InChI is InChI=1S/C22H27N5O2S/c1-3-23-22(24-14-15-30(28,29)19-12-8-5-9-13-19)27(2)17-21-25-16-20(26-21)18-10-6-4-7-11-18/h4-13,16H,3,14-15,17H2,1-2H3,(H,23,24)(H,25,26). The van der Waals surface area contributed by atoms with E-state index >= 15 is 0 Å². The molecule has 0 saturated heterocycles. The number of guanidine groups is 1. The van der Waals surface area contributed by atoms with Crippen LogP contribution in [0.15, 0.2) is 76.7 Å². The maximum absolute atomic E-state index is 12.5. The third-order valence-corrected chi connectivity index (χ3v) is 6.23. The summed E-state index contributed by atoms with van der Waals surface area (Å²) in [5.41, 5.74) is 2.03. The Morgan fingerprint density at radius 2 is 1.77 bits per heavy atom. The molecule has 8 heteroatoms. The Balaban J connectivity index is 1.64. The summed E-state index contributed by atoms with van der Waals surface area (Å²) in [5.74, 6) is 1.40. The number of nitrogens with one attached hydrogen (secondary N) is 2. The van der Waals surface area contributed by atoms with Gasteiger partial charge in [-0.1, -0.05) is 48.5 Å². The highest BCUT2D eigenvalue weighted by Gasteiger charge is 2.14. The molecule has 0 bridgehead atoms. The number of aromatic amines is 1. The molecule has 0 fully saturated rings. The Morgan fingerprint density at radius 1 is 1.10 bits per heavy atom. The van der Waals surface area contributed by atoms with Gasteiger partial charge in [-0.05, 0) is 24.6 Å². The van der Waals surface area contributed by atoms with Gasteiger partial charge in [-0.15, -0.1) is 0 Å². The van der Waals surface area contributed by atoms with Crippen LogP contribution >= 0.6 is 0 Å². The summed E-state index contributed by atoms with van der Waals surface area (Å²) in [4.78, 5) is 14.5. The minimum Gasteiger partial charge on any atom is -0.357 e. The highest BCUT2D eigenvalue weighted by molar-refractivity contribution is 7.91. The van der Waals surface area contributed by atoms with Crippen LogP contribution in [0.3, 0.4) is 0 Å². The van der Waals surface area contributed by atoms with Crippen LogP contribution in [-0.4, -0.2) is 55.1 Å². The zero-order chi connectivity index (χ0) is 21.4. The fourth-order valence-corrected chi connectivity index (χ4v) is 4.13. The lowest BCUT2D eigenvalue weighted by atomic mass is 10.2. The molecule has 1 aromatic heterocycles. The van der Waals surface area contributed by atoms with Crippen LogP contribution in [0.4, 0.5) is 0 Å². The second kappa shape index (κ2) is 10.1. The number of aliphatic imine (C=N–C) groups is 1. The normalized spacial score (nSPS) is 12.0. The molecule has 3 aromatic rings. The second-order valence-electron chi connectivity index (χ2n) is 6.83. The third kappa shape index (κ3) is 5.70. The highest BCUT2D eigenvalue weighted by Crippen LogP contribution is 2.16. The van der Waals surface area contributed by atoms with Gasteiger partial charge in [-0.2, -0.15) is 0 Å². The van der Waals surface area contributed by atoms with Gasteiger partial charge in [0.25, 0.3) is 0 Å². The van der Waals surface area contributed by atoms with Crippen LogP contribution in [0.5, 0.6) is 0 Å². The molecular weight excluding hydrogens is 398 g/mol. The van der Waals surface area contributed by atoms with Crippen molar-refractivity contribution in [2.75, 3.05) is 25.9 Å². The average molecular weight is 426 g/mol. The number of aromatic nitrogens is 2. The molecule has 30 heavy (non-hydrogen) atoms. The van der Waals surface area contributed by atoms with Crippen molar-refractivity contribution in [3.8, 4) is 11.3 Å². The Bertz CT molecular complexity index is 1060. The van der Waals surface area contributed by atoms with Crippen LogP contribution < -0.4 is 5.32 Å². The monoisotopic (exact) mass is 425 g/mol. The molecule has 1 heterocycles. The average Bonchev–Trinajstić information content (AvgIpc) is 3.23. The van der Waals surface area contributed by atoms with E-state index < -0.39 is 9.84 Å². The van der Waals surface area contributed by atoms with Gasteiger partial charge in [-0.25, -0.2) is 13.4 Å². The molecule has 0 atom stereocenters. The Kier molecular flexibility index (Phi) is 7.24. The summed E-state index contributed by atoms with van der Waals surface area (Å²) in [7, 11) is -1.45. The Hall–Kier alpha value is -3.13. The minimum atomic E-state index is -3.35. The molecule has 3 rings (SSSR count). The van der Waals surface area contributed by atoms with E-state index in [9.17, 15) is 8.42 Å². The van der Waals surface area contributed by atoms with E-state index in [4.69, 9.17) is 0 Å². The molecule has 2 N–H and O–H groups in total. The van der Waals surface area contributed by atoms with E-state index in [-0.39, 0.29) is 12.3 Å². The number of hydrogen-bond acceptors (Lipinski definition) is 4. The van der Waals surface area contributed by atoms with Gasteiger partial charge in [0, 0.05) is 13.6 Å². The van der Waals surface area contributed by atoms with Crippen molar-refractivity contribution in [3.05, 3.63) is 72.7 Å². The van der Waals surface area contributed by atoms with Crippen molar-refractivity contribution < 1.29 is 8.42 Å². The number of nitrogens with zero attached hydrogens (tertiary/aromatic N) is 3. The molecule has 0 unspecified atom stereocenters. The molecule has 0 saturated carbocycles. The number of H-pyrrole nitrogens is 1. The van der Waals surface area contributed by atoms with E-state index in [1.807, 2.05) is 55.4 Å². The van der Waals surface area contributed by atoms with E-state index in [0.717, 1.165) is 17.1 Å². The molecule has 0 radical (unpaired) electrons. The summed E-state index contributed by atoms with van der Waals surface area (Å²) in [6, 6.07) is 18.5. The molecule has 0 spiro atoms. The summed E-state index contributed by atoms with van der Waals surface area (Å²) >= 11 is 0. The molecule has 2 aromatic carbocycles. The van der Waals surface area contributed by atoms with E-state index in [1.165, 1.54) is 0 Å². The van der Waals surface area contributed by atoms with Crippen LogP contribution in [-0.2, 0) is 16.4 Å². The van der Waals surface area contributed by atoms with Gasteiger partial charge < -0.3 is 15.2 Å². The van der Waals surface area contributed by atoms with Crippen molar-refractivity contribution in [1.82, 2.24) is 20.2 Å². The van der Waals surface area contributed by atoms with Gasteiger partial charge in [0.1, 0.15) is 5.82 Å². The van der Waals surface area contributed by atoms with Crippen molar-refractivity contribution >= 4 is 15.8 Å². The summed E-state index contributed by atoms with van der Waals surface area (Å²) < 4.78 is 24.9. The molecule has 7 nitrogen and oxygen atoms in total. The predicted octanol–water partition coefficient (Wildman–Crippen LogP) is 2.95. The topological polar surface area (TPSA) is 90.4 Å². The molecule has 158 valence electrons. The number of sulfone groups is 1. The fraction of sp³-hybridized carbons (Fsp3) is 0.273. The van der Waals surface area contributed by atoms with Crippen LogP contribution in [0.1, 0.15) is 12.7 Å². The van der Waals surface area contributed by atoms with Gasteiger partial charge >= 0.3 is 0 Å². The number of imidazole rings is 1. The lowest BCUT2D eigenvalue weighted by Crippen LogP contribution is -2.39. The smallest absolute Gasteiger partial charge is 0.194 e. The Morgan fingerprint density at radius 3 is 2.43 bits per heavy atom. The van der Waals surface area contributed by atoms with Gasteiger partial charge in [-0.3, -0.25) is 4.99 Å². The van der Waals surface area contributed by atoms with Crippen LogP contribution in [0, 0.1) is 0 Å². The lowest BCUT2D eigenvalue weighted by molar-refractivity contribution is 0.464. The number of hydrogen-bond donors (Lipinski definition) is 2. The lowest BCUT2D eigenvalue weighted by Gasteiger charge is -2.21. The van der Waals surface area contributed by atoms with Crippen LogP contribution in [0.2, 0.25) is 0 Å². The zero-order valence-corrected chi connectivity index (χ0v) is 18.1. The SMILES string of the molecule is CCNC(=NCCS(=O)(=O)c1ccccc1)N(C)Cc1ncc(-c2ccccc2)[nH]1. The first-order chi connectivity index (χ1) is 14.5. The predicted molar refractivity (Wildman–Crippen MR) is 120 cm³/mol. The van der Waals surface area contributed by atoms with Crippen molar-refractivity contribution in [2.45, 2.75) is 18.4 Å². The second-order valence-corrected chi connectivity index (χ2v) is 8.94. The molecule has 0 aliphatic rings. The van der Waals surface area contributed by atoms with E-state index in [1.54, 1.807) is 30.3 Å². The van der Waals surface area contributed by atoms with Gasteiger partial charge in [0.05, 0.1) is 35.6 Å². The molecular formula is C22H27N5O2S. The largest absolute Gasteiger partial charge is 0.357 e. The Labute approximate surface area is 177 Å². The first-order valence-electron chi connectivity index (χ1n) is 9.86. The zero-order valence-electron chi connectivity index (χ0n) is 17.2. The number of benzene rings is 2. The highest BCUT2D eigenvalue weighted by atomic mass is 32.2. The maximum Gasteiger partial charge on any atom is 0.194 e. The van der Waals surface area contributed by atoms with E-state index in [2.05, 4.69) is 20.3 Å². The summed E-state index contributed by atoms with van der Waals surface area (Å²) in [5, 5.41) is 3.21. The molecule has 0 aliphatic heterocycles. The first kappa shape index (κ1) is 21.6. The fourth-order valence-electron chi connectivity index (χ4n) is 2.99. The number of rotatable bonds is 8. The van der Waals surface area contributed by atoms with Gasteiger partial charge in [0.15, 0.2) is 15.8 Å². The van der Waals surface area contributed by atoms with E-state index in [0.29, 0.717) is 23.9 Å². The first-order valence-corrected chi connectivity index (χ1v) is 11.5. The van der Waals surface area contributed by atoms with Crippen molar-refractivity contribution in [2.24, 2.45) is 4.99 Å². The van der Waals surface area contributed by atoms with Crippen molar-refractivity contribution in [3.63, 3.8) is 0 Å². The third-order valence-electron chi connectivity index (χ3n) is 4.52. The molecule has 0 aliphatic carbocycles. The summed E-state index contributed by atoms with van der Waals surface area (Å²) in [6.07, 6.45) is 1.81. The summed E-state index contributed by atoms with van der Waals surface area (Å²) in [6.45, 7) is 3.36. The quantitative estimate of drug-likeness (QED) is 0.428.